The van der Waals surface area contributed by atoms with Gasteiger partial charge in [0.25, 0.3) is 0 Å². The predicted molar refractivity (Wildman–Crippen MR) is 78.8 cm³/mol. The molecule has 0 spiro atoms. The molecule has 5 heteroatoms. The fourth-order valence-corrected chi connectivity index (χ4v) is 1.59. The molecule has 0 fully saturated rings. The van der Waals surface area contributed by atoms with Crippen molar-refractivity contribution in [2.24, 2.45) is 5.10 Å². The number of para-hydroxylation sites is 1. The van der Waals surface area contributed by atoms with Crippen molar-refractivity contribution in [2.75, 3.05) is 5.32 Å². The van der Waals surface area contributed by atoms with Gasteiger partial charge in [0.2, 0.25) is 0 Å². The molecule has 2 rings (SSSR count). The Morgan fingerprint density at radius 1 is 1.17 bits per heavy atom. The topological polar surface area (TPSA) is 52.2 Å². The minimum absolute atomic E-state index is 0.465. The lowest BCUT2D eigenvalue weighted by atomic mass is 10.3. The first-order valence-corrected chi connectivity index (χ1v) is 5.96. The van der Waals surface area contributed by atoms with Gasteiger partial charge in [-0.25, -0.2) is 0 Å². The molecule has 92 valence electrons. The molecule has 0 bridgehead atoms. The van der Waals surface area contributed by atoms with Crippen molar-refractivity contribution in [3.63, 3.8) is 0 Å². The summed E-state index contributed by atoms with van der Waals surface area (Å²) in [6.07, 6.45) is 1.86. The van der Waals surface area contributed by atoms with Gasteiger partial charge in [-0.2, -0.15) is 5.10 Å². The van der Waals surface area contributed by atoms with E-state index < -0.39 is 0 Å². The van der Waals surface area contributed by atoms with Crippen molar-refractivity contribution in [3.8, 4) is 0 Å². The van der Waals surface area contributed by atoms with E-state index in [0.717, 1.165) is 17.1 Å². The van der Waals surface area contributed by atoms with E-state index in [-0.39, 0.29) is 0 Å². The Morgan fingerprint density at radius 3 is 2.61 bits per heavy atom. The number of hydrogen-bond acceptors (Lipinski definition) is 2. The average Bonchev–Trinajstić information content (AvgIpc) is 2.91. The van der Waals surface area contributed by atoms with Gasteiger partial charge in [-0.1, -0.05) is 18.2 Å². The van der Waals surface area contributed by atoms with Crippen LogP contribution in [-0.2, 0) is 0 Å². The van der Waals surface area contributed by atoms with Crippen molar-refractivity contribution < 1.29 is 0 Å². The average molecular weight is 258 g/mol. The zero-order valence-corrected chi connectivity index (χ0v) is 10.8. The van der Waals surface area contributed by atoms with E-state index in [9.17, 15) is 0 Å². The zero-order chi connectivity index (χ0) is 12.8. The standard InChI is InChI=1S/C13H14N4S/c1-10(12-8-5-9-14-12)16-17-13(18)15-11-6-3-2-4-7-11/h2-9,14H,1H3,(H2,15,17,18)/b16-10+. The van der Waals surface area contributed by atoms with E-state index in [4.69, 9.17) is 12.2 Å². The molecule has 0 saturated carbocycles. The number of anilines is 1. The third-order valence-electron chi connectivity index (χ3n) is 2.34. The van der Waals surface area contributed by atoms with Crippen LogP contribution in [0.15, 0.2) is 53.8 Å². The van der Waals surface area contributed by atoms with Crippen molar-refractivity contribution in [1.82, 2.24) is 10.4 Å². The molecule has 0 amide bonds. The minimum Gasteiger partial charge on any atom is -0.360 e. The van der Waals surface area contributed by atoms with Gasteiger partial charge >= 0.3 is 0 Å². The van der Waals surface area contributed by atoms with Crippen molar-refractivity contribution in [3.05, 3.63) is 54.4 Å². The van der Waals surface area contributed by atoms with Crippen LogP contribution in [-0.4, -0.2) is 15.8 Å². The quantitative estimate of drug-likeness (QED) is 0.451. The molecule has 4 nitrogen and oxygen atoms in total. The van der Waals surface area contributed by atoms with E-state index in [2.05, 4.69) is 20.8 Å². The van der Waals surface area contributed by atoms with Crippen LogP contribution < -0.4 is 10.7 Å². The minimum atomic E-state index is 0.465. The number of H-pyrrole nitrogens is 1. The summed E-state index contributed by atoms with van der Waals surface area (Å²) in [5.41, 5.74) is 5.55. The van der Waals surface area contributed by atoms with Crippen molar-refractivity contribution in [2.45, 2.75) is 6.92 Å². The Bertz CT molecular complexity index is 531. The van der Waals surface area contributed by atoms with Gasteiger partial charge in [0.05, 0.1) is 11.4 Å². The third-order valence-corrected chi connectivity index (χ3v) is 2.54. The Morgan fingerprint density at radius 2 is 1.94 bits per heavy atom. The van der Waals surface area contributed by atoms with Crippen LogP contribution in [0.3, 0.4) is 0 Å². The largest absolute Gasteiger partial charge is 0.360 e. The fraction of sp³-hybridized carbons (Fsp3) is 0.0769. The summed E-state index contributed by atoms with van der Waals surface area (Å²) in [6, 6.07) is 13.6. The molecule has 0 aliphatic rings. The highest BCUT2D eigenvalue weighted by Gasteiger charge is 1.98. The number of rotatable bonds is 3. The van der Waals surface area contributed by atoms with Crippen molar-refractivity contribution in [1.29, 1.82) is 0 Å². The highest BCUT2D eigenvalue weighted by atomic mass is 32.1. The van der Waals surface area contributed by atoms with Gasteiger partial charge in [0, 0.05) is 11.9 Å². The molecule has 0 saturated heterocycles. The number of nitrogens with one attached hydrogen (secondary N) is 3. The van der Waals surface area contributed by atoms with Crippen LogP contribution in [0.25, 0.3) is 0 Å². The number of aromatic nitrogens is 1. The fourth-order valence-electron chi connectivity index (χ4n) is 1.43. The summed E-state index contributed by atoms with van der Waals surface area (Å²) in [5, 5.41) is 7.70. The van der Waals surface area contributed by atoms with Crippen molar-refractivity contribution >= 4 is 28.7 Å². The SMILES string of the molecule is C/C(=N\NC(=S)Nc1ccccc1)c1ccc[nH]1. The zero-order valence-electron chi connectivity index (χ0n) is 9.97. The second-order valence-electron chi connectivity index (χ2n) is 3.71. The number of aromatic amines is 1. The Balaban J connectivity index is 1.91. The van der Waals surface area contributed by atoms with Crippen LogP contribution in [0.1, 0.15) is 12.6 Å². The molecule has 0 atom stereocenters. The molecule has 1 aromatic carbocycles. The highest BCUT2D eigenvalue weighted by molar-refractivity contribution is 7.80. The monoisotopic (exact) mass is 258 g/mol. The lowest BCUT2D eigenvalue weighted by molar-refractivity contribution is 1.03. The Labute approximate surface area is 111 Å². The second-order valence-corrected chi connectivity index (χ2v) is 4.12. The first kappa shape index (κ1) is 12.3. The molecular weight excluding hydrogens is 244 g/mol. The molecule has 0 unspecified atom stereocenters. The van der Waals surface area contributed by atoms with Gasteiger partial charge in [-0.15, -0.1) is 0 Å². The van der Waals surface area contributed by atoms with Gasteiger partial charge in [-0.3, -0.25) is 5.43 Å². The molecule has 18 heavy (non-hydrogen) atoms. The highest BCUT2D eigenvalue weighted by Crippen LogP contribution is 2.04. The molecule has 3 N–H and O–H groups in total. The maximum Gasteiger partial charge on any atom is 0.191 e. The first-order chi connectivity index (χ1) is 8.75. The summed E-state index contributed by atoms with van der Waals surface area (Å²) in [5.74, 6) is 0. The second kappa shape index (κ2) is 5.97. The van der Waals surface area contributed by atoms with Gasteiger partial charge < -0.3 is 10.3 Å². The summed E-state index contributed by atoms with van der Waals surface area (Å²) in [4.78, 5) is 3.08. The van der Waals surface area contributed by atoms with Crippen LogP contribution in [0.4, 0.5) is 5.69 Å². The van der Waals surface area contributed by atoms with E-state index in [1.54, 1.807) is 0 Å². The molecule has 0 aliphatic heterocycles. The smallest absolute Gasteiger partial charge is 0.191 e. The van der Waals surface area contributed by atoms with E-state index in [1.165, 1.54) is 0 Å². The van der Waals surface area contributed by atoms with E-state index in [1.807, 2.05) is 55.6 Å². The Hall–Kier alpha value is -2.14. The van der Waals surface area contributed by atoms with Crippen LogP contribution in [0.5, 0.6) is 0 Å². The number of hydrogen-bond donors (Lipinski definition) is 3. The maximum atomic E-state index is 5.14. The molecule has 1 aromatic heterocycles. The van der Waals surface area contributed by atoms with Crippen LogP contribution in [0.2, 0.25) is 0 Å². The summed E-state index contributed by atoms with van der Waals surface area (Å²) >= 11 is 5.14. The number of benzene rings is 1. The summed E-state index contributed by atoms with van der Waals surface area (Å²) in [6.45, 7) is 1.91. The van der Waals surface area contributed by atoms with Gasteiger partial charge in [0.1, 0.15) is 0 Å². The lowest BCUT2D eigenvalue weighted by Crippen LogP contribution is -2.24. The van der Waals surface area contributed by atoms with E-state index in [0.29, 0.717) is 5.11 Å². The third kappa shape index (κ3) is 3.43. The number of thiocarbonyl (C=S) groups is 1. The summed E-state index contributed by atoms with van der Waals surface area (Å²) in [7, 11) is 0. The molecule has 1 heterocycles. The lowest BCUT2D eigenvalue weighted by Gasteiger charge is -2.07. The molecular formula is C13H14N4S. The molecule has 0 aliphatic carbocycles. The van der Waals surface area contributed by atoms with Gasteiger partial charge in [0.15, 0.2) is 5.11 Å². The number of hydrazone groups is 1. The normalized spacial score (nSPS) is 11.1. The molecule has 0 radical (unpaired) electrons. The van der Waals surface area contributed by atoms with Crippen LogP contribution in [0, 0.1) is 0 Å². The van der Waals surface area contributed by atoms with Gasteiger partial charge in [-0.05, 0) is 43.4 Å². The Kier molecular flexibility index (Phi) is 4.09. The predicted octanol–water partition coefficient (Wildman–Crippen LogP) is 2.73. The van der Waals surface area contributed by atoms with E-state index >= 15 is 0 Å². The first-order valence-electron chi connectivity index (χ1n) is 5.56. The summed E-state index contributed by atoms with van der Waals surface area (Å²) < 4.78 is 0. The maximum absolute atomic E-state index is 5.14. The molecule has 2 aromatic rings. The number of nitrogens with zero attached hydrogens (tertiary/aromatic N) is 1. The van der Waals surface area contributed by atoms with Crippen LogP contribution >= 0.6 is 12.2 Å².